The van der Waals surface area contributed by atoms with E-state index in [0.29, 0.717) is 5.92 Å². The molecular weight excluding hydrogens is 272 g/mol. The number of rotatable bonds is 6. The van der Waals surface area contributed by atoms with Crippen LogP contribution in [0.1, 0.15) is 36.3 Å². The summed E-state index contributed by atoms with van der Waals surface area (Å²) in [4.78, 5) is 11.5. The molecule has 0 amide bonds. The summed E-state index contributed by atoms with van der Waals surface area (Å²) >= 11 is 1.77. The van der Waals surface area contributed by atoms with Crippen LogP contribution in [0.2, 0.25) is 0 Å². The molecule has 0 bridgehead atoms. The predicted molar refractivity (Wildman–Crippen MR) is 82.2 cm³/mol. The van der Waals surface area contributed by atoms with Gasteiger partial charge in [-0.3, -0.25) is 4.79 Å². The molecule has 110 valence electrons. The van der Waals surface area contributed by atoms with Crippen LogP contribution in [0, 0.1) is 5.92 Å². The fraction of sp³-hybridized carbons (Fsp3) is 0.562. The highest BCUT2D eigenvalue weighted by Gasteiger charge is 2.25. The highest BCUT2D eigenvalue weighted by Crippen LogP contribution is 2.30. The molecule has 1 fully saturated rings. The summed E-state index contributed by atoms with van der Waals surface area (Å²) in [6.07, 6.45) is 4.75. The third-order valence-corrected chi connectivity index (χ3v) is 4.52. The van der Waals surface area contributed by atoms with Crippen LogP contribution in [-0.4, -0.2) is 30.5 Å². The number of carbonyl (C=O) groups is 1. The van der Waals surface area contributed by atoms with Crippen molar-refractivity contribution < 1.29 is 14.6 Å². The minimum absolute atomic E-state index is 0.388. The van der Waals surface area contributed by atoms with Crippen LogP contribution in [0.4, 0.5) is 0 Å². The maximum absolute atomic E-state index is 11.5. The van der Waals surface area contributed by atoms with Crippen LogP contribution in [0.25, 0.3) is 0 Å². The topological polar surface area (TPSA) is 46.5 Å². The van der Waals surface area contributed by atoms with Crippen molar-refractivity contribution in [2.24, 2.45) is 5.92 Å². The maximum Gasteiger partial charge on any atom is 0.310 e. The Morgan fingerprint density at radius 2 is 2.00 bits per heavy atom. The normalized spacial score (nSPS) is 17.9. The third kappa shape index (κ3) is 4.25. The zero-order chi connectivity index (χ0) is 14.4. The minimum atomic E-state index is -0.714. The molecule has 20 heavy (non-hydrogen) atoms. The molecule has 1 aliphatic rings. The van der Waals surface area contributed by atoms with E-state index in [1.807, 2.05) is 24.3 Å². The molecule has 3 nitrogen and oxygen atoms in total. The Balaban J connectivity index is 2.05. The average Bonchev–Trinajstić information content (AvgIpc) is 2.47. The first kappa shape index (κ1) is 15.4. The zero-order valence-electron chi connectivity index (χ0n) is 11.9. The smallest absolute Gasteiger partial charge is 0.310 e. The number of thioether (sulfide) groups is 1. The SMILES string of the molecule is CSCc1ccc(C(CC2CCOCC2)C(=O)O)cc1. The number of benzene rings is 1. The lowest BCUT2D eigenvalue weighted by atomic mass is 9.85. The Morgan fingerprint density at radius 1 is 1.35 bits per heavy atom. The van der Waals surface area contributed by atoms with Crippen molar-refractivity contribution in [1.29, 1.82) is 0 Å². The second kappa shape index (κ2) is 7.70. The van der Waals surface area contributed by atoms with Gasteiger partial charge in [-0.1, -0.05) is 24.3 Å². The van der Waals surface area contributed by atoms with Crippen molar-refractivity contribution in [2.45, 2.75) is 30.9 Å². The summed E-state index contributed by atoms with van der Waals surface area (Å²) in [6, 6.07) is 8.05. The Hall–Kier alpha value is -1.00. The standard InChI is InChI=1S/C16H22O3S/c1-20-11-13-2-4-14(5-3-13)15(16(17)18)10-12-6-8-19-9-7-12/h2-5,12,15H,6-11H2,1H3,(H,17,18). The van der Waals surface area contributed by atoms with Gasteiger partial charge in [-0.2, -0.15) is 11.8 Å². The van der Waals surface area contributed by atoms with Crippen molar-refractivity contribution in [3.63, 3.8) is 0 Å². The van der Waals surface area contributed by atoms with E-state index in [1.54, 1.807) is 11.8 Å². The molecule has 2 rings (SSSR count). The molecule has 1 unspecified atom stereocenters. The molecule has 1 heterocycles. The maximum atomic E-state index is 11.5. The van der Waals surface area contributed by atoms with Gasteiger partial charge in [-0.05, 0) is 42.6 Å². The van der Waals surface area contributed by atoms with Gasteiger partial charge in [-0.15, -0.1) is 0 Å². The summed E-state index contributed by atoms with van der Waals surface area (Å²) in [5.41, 5.74) is 2.17. The highest BCUT2D eigenvalue weighted by molar-refractivity contribution is 7.97. The highest BCUT2D eigenvalue weighted by atomic mass is 32.2. The van der Waals surface area contributed by atoms with Crippen LogP contribution in [-0.2, 0) is 15.3 Å². The molecule has 4 heteroatoms. The van der Waals surface area contributed by atoms with Crippen LogP contribution in [0.15, 0.2) is 24.3 Å². The summed E-state index contributed by atoms with van der Waals surface area (Å²) in [7, 11) is 0. The van der Waals surface area contributed by atoms with Crippen LogP contribution in [0.3, 0.4) is 0 Å². The van der Waals surface area contributed by atoms with Gasteiger partial charge in [0.2, 0.25) is 0 Å². The molecule has 0 aliphatic carbocycles. The summed E-state index contributed by atoms with van der Waals surface area (Å²) < 4.78 is 5.34. The van der Waals surface area contributed by atoms with E-state index in [4.69, 9.17) is 4.74 Å². The van der Waals surface area contributed by atoms with Gasteiger partial charge in [0.1, 0.15) is 0 Å². The molecule has 0 radical (unpaired) electrons. The summed E-state index contributed by atoms with van der Waals surface area (Å²) in [5.74, 6) is 0.337. The number of hydrogen-bond acceptors (Lipinski definition) is 3. The predicted octanol–water partition coefficient (Wildman–Crippen LogP) is 3.53. The Bertz CT molecular complexity index is 424. The quantitative estimate of drug-likeness (QED) is 0.872. The van der Waals surface area contributed by atoms with E-state index in [2.05, 4.69) is 6.26 Å². The Morgan fingerprint density at radius 3 is 2.55 bits per heavy atom. The van der Waals surface area contributed by atoms with E-state index in [-0.39, 0.29) is 5.92 Å². The number of aliphatic carboxylic acids is 1. The van der Waals surface area contributed by atoms with E-state index < -0.39 is 5.97 Å². The van der Waals surface area contributed by atoms with Gasteiger partial charge in [0.05, 0.1) is 5.92 Å². The van der Waals surface area contributed by atoms with Crippen LogP contribution in [0.5, 0.6) is 0 Å². The van der Waals surface area contributed by atoms with Crippen molar-refractivity contribution in [3.05, 3.63) is 35.4 Å². The van der Waals surface area contributed by atoms with Gasteiger partial charge in [0, 0.05) is 19.0 Å². The zero-order valence-corrected chi connectivity index (χ0v) is 12.7. The van der Waals surface area contributed by atoms with Crippen molar-refractivity contribution >= 4 is 17.7 Å². The number of hydrogen-bond donors (Lipinski definition) is 1. The lowest BCUT2D eigenvalue weighted by Crippen LogP contribution is -2.21. The van der Waals surface area contributed by atoms with E-state index in [1.165, 1.54) is 5.56 Å². The number of carboxylic acid groups (broad SMARTS) is 1. The molecule has 1 N–H and O–H groups in total. The molecule has 1 atom stereocenters. The Kier molecular flexibility index (Phi) is 5.92. The average molecular weight is 294 g/mol. The van der Waals surface area contributed by atoms with Gasteiger partial charge in [0.15, 0.2) is 0 Å². The number of ether oxygens (including phenoxy) is 1. The Labute approximate surface area is 124 Å². The summed E-state index contributed by atoms with van der Waals surface area (Å²) in [5, 5.41) is 9.49. The second-order valence-corrected chi connectivity index (χ2v) is 6.22. The molecule has 1 saturated heterocycles. The monoisotopic (exact) mass is 294 g/mol. The third-order valence-electron chi connectivity index (χ3n) is 3.90. The van der Waals surface area contributed by atoms with Gasteiger partial charge >= 0.3 is 5.97 Å². The fourth-order valence-electron chi connectivity index (χ4n) is 2.71. The van der Waals surface area contributed by atoms with Crippen LogP contribution < -0.4 is 0 Å². The molecule has 0 saturated carbocycles. The molecular formula is C16H22O3S. The first-order valence-electron chi connectivity index (χ1n) is 7.09. The number of carboxylic acids is 1. The lowest BCUT2D eigenvalue weighted by molar-refractivity contribution is -0.139. The second-order valence-electron chi connectivity index (χ2n) is 5.36. The molecule has 1 aliphatic heterocycles. The first-order valence-corrected chi connectivity index (χ1v) is 8.48. The van der Waals surface area contributed by atoms with E-state index >= 15 is 0 Å². The lowest BCUT2D eigenvalue weighted by Gasteiger charge is -2.25. The van der Waals surface area contributed by atoms with Crippen LogP contribution >= 0.6 is 11.8 Å². The largest absolute Gasteiger partial charge is 0.481 e. The van der Waals surface area contributed by atoms with Gasteiger partial charge < -0.3 is 9.84 Å². The molecule has 0 aromatic heterocycles. The van der Waals surface area contributed by atoms with Gasteiger partial charge in [-0.25, -0.2) is 0 Å². The fourth-order valence-corrected chi connectivity index (χ4v) is 3.23. The first-order chi connectivity index (χ1) is 9.70. The van der Waals surface area contributed by atoms with Crippen molar-refractivity contribution in [3.8, 4) is 0 Å². The van der Waals surface area contributed by atoms with E-state index in [0.717, 1.165) is 43.8 Å². The molecule has 0 spiro atoms. The molecule has 1 aromatic carbocycles. The van der Waals surface area contributed by atoms with E-state index in [9.17, 15) is 9.90 Å². The summed E-state index contributed by atoms with van der Waals surface area (Å²) in [6.45, 7) is 1.54. The van der Waals surface area contributed by atoms with Crippen molar-refractivity contribution in [1.82, 2.24) is 0 Å². The van der Waals surface area contributed by atoms with Gasteiger partial charge in [0.25, 0.3) is 0 Å². The van der Waals surface area contributed by atoms with Crippen molar-refractivity contribution in [2.75, 3.05) is 19.5 Å². The molecule has 1 aromatic rings. The minimum Gasteiger partial charge on any atom is -0.481 e.